The number of aliphatic hydroxyl groups is 1. The molecule has 0 saturated heterocycles. The quantitative estimate of drug-likeness (QED) is 0.147. The number of Topliss-reactive ketones (excluding diaryl/α,β-unsaturated/α-hetero) is 1. The van der Waals surface area contributed by atoms with Crippen molar-refractivity contribution in [3.63, 3.8) is 0 Å². The average molecular weight is 696 g/mol. The van der Waals surface area contributed by atoms with Crippen molar-refractivity contribution in [2.75, 3.05) is 19.7 Å². The van der Waals surface area contributed by atoms with Crippen LogP contribution in [-0.2, 0) is 30.5 Å². The number of ketones is 1. The summed E-state index contributed by atoms with van der Waals surface area (Å²) in [5.74, 6) is -3.80. The zero-order valence-corrected chi connectivity index (χ0v) is 29.0. The topological polar surface area (TPSA) is 164 Å². The second kappa shape index (κ2) is 18.2. The summed E-state index contributed by atoms with van der Waals surface area (Å²) in [4.78, 5) is 63.0. The molecule has 1 heterocycles. The van der Waals surface area contributed by atoms with E-state index in [0.717, 1.165) is 23.8 Å². The Morgan fingerprint density at radius 2 is 1.68 bits per heavy atom. The standard InChI is InChI=1S/C37H47F2N5O6/c1-24(46)10-8-13-33(48)42-30(20-32(40)47)36(50)41-16-9-17-44(34(49)23-45)35(37(2,3)4)31-18-26(28-19-27(38)14-15-29(28)39)22-43(31)21-25-11-6-5-7-12-25/h5-7,11-12,14-15,18-19,22,30,35,45H,8-10,13,16-17,20-21,23H2,1-4H3,(H2,40,47)(H,41,50)(H,42,48)/t30-,35-/m0/s1. The maximum atomic E-state index is 15.0. The van der Waals surface area contributed by atoms with Gasteiger partial charge in [-0.05, 0) is 55.0 Å². The Morgan fingerprint density at radius 3 is 2.30 bits per heavy atom. The van der Waals surface area contributed by atoms with Crippen molar-refractivity contribution in [3.05, 3.63) is 83.7 Å². The molecule has 50 heavy (non-hydrogen) atoms. The molecule has 5 N–H and O–H groups in total. The fraction of sp³-hybridized carbons (Fsp3) is 0.432. The number of amides is 4. The largest absolute Gasteiger partial charge is 0.387 e. The molecule has 0 bridgehead atoms. The molecule has 2 aromatic carbocycles. The lowest BCUT2D eigenvalue weighted by atomic mass is 9.83. The van der Waals surface area contributed by atoms with Gasteiger partial charge in [-0.2, -0.15) is 0 Å². The van der Waals surface area contributed by atoms with Gasteiger partial charge in [0.2, 0.25) is 23.6 Å². The van der Waals surface area contributed by atoms with Crippen LogP contribution in [0.4, 0.5) is 8.78 Å². The highest BCUT2D eigenvalue weighted by Crippen LogP contribution is 2.41. The maximum Gasteiger partial charge on any atom is 0.248 e. The van der Waals surface area contributed by atoms with Crippen molar-refractivity contribution < 1.29 is 37.9 Å². The van der Waals surface area contributed by atoms with E-state index in [-0.39, 0.29) is 43.7 Å². The van der Waals surface area contributed by atoms with Crippen molar-refractivity contribution in [1.29, 1.82) is 0 Å². The van der Waals surface area contributed by atoms with E-state index in [1.54, 1.807) is 12.3 Å². The minimum Gasteiger partial charge on any atom is -0.387 e. The minimum absolute atomic E-state index is 0.00584. The molecule has 3 rings (SSSR count). The summed E-state index contributed by atoms with van der Waals surface area (Å²) in [6, 6.07) is 12.6. The predicted molar refractivity (Wildman–Crippen MR) is 184 cm³/mol. The molecule has 0 spiro atoms. The van der Waals surface area contributed by atoms with Gasteiger partial charge < -0.3 is 35.7 Å². The number of hydrogen-bond acceptors (Lipinski definition) is 6. The molecule has 270 valence electrons. The molecular weight excluding hydrogens is 648 g/mol. The summed E-state index contributed by atoms with van der Waals surface area (Å²) in [6.07, 6.45) is 2.01. The van der Waals surface area contributed by atoms with E-state index < -0.39 is 65.8 Å². The Balaban J connectivity index is 1.88. The van der Waals surface area contributed by atoms with E-state index in [2.05, 4.69) is 10.6 Å². The van der Waals surface area contributed by atoms with Crippen LogP contribution in [0, 0.1) is 17.0 Å². The molecule has 0 aliphatic rings. The average Bonchev–Trinajstić information content (AvgIpc) is 3.44. The number of nitrogens with two attached hydrogens (primary N) is 1. The van der Waals surface area contributed by atoms with Gasteiger partial charge in [0.05, 0.1) is 12.5 Å². The number of primary amides is 1. The molecular formula is C37H47F2N5O6. The molecule has 13 heteroatoms. The first kappa shape index (κ1) is 39.5. The van der Waals surface area contributed by atoms with Crippen molar-refractivity contribution in [2.45, 2.75) is 78.4 Å². The molecule has 1 aromatic heterocycles. The van der Waals surface area contributed by atoms with Crippen LogP contribution in [0.3, 0.4) is 0 Å². The van der Waals surface area contributed by atoms with Crippen LogP contribution in [0.5, 0.6) is 0 Å². The summed E-state index contributed by atoms with van der Waals surface area (Å²) < 4.78 is 31.1. The van der Waals surface area contributed by atoms with Crippen molar-refractivity contribution >= 4 is 29.4 Å². The lowest BCUT2D eigenvalue weighted by Crippen LogP contribution is -2.49. The van der Waals surface area contributed by atoms with Gasteiger partial charge >= 0.3 is 0 Å². The van der Waals surface area contributed by atoms with Gasteiger partial charge in [0.1, 0.15) is 30.1 Å². The van der Waals surface area contributed by atoms with E-state index in [1.807, 2.05) is 55.7 Å². The molecule has 2 atom stereocenters. The molecule has 11 nitrogen and oxygen atoms in total. The monoisotopic (exact) mass is 695 g/mol. The maximum absolute atomic E-state index is 15.0. The number of aliphatic hydroxyl groups excluding tert-OH is 1. The van der Waals surface area contributed by atoms with Crippen LogP contribution in [-0.4, -0.2) is 69.7 Å². The molecule has 3 aromatic rings. The van der Waals surface area contributed by atoms with E-state index in [9.17, 15) is 37.9 Å². The van der Waals surface area contributed by atoms with E-state index in [4.69, 9.17) is 5.73 Å². The highest BCUT2D eigenvalue weighted by molar-refractivity contribution is 5.91. The Labute approximate surface area is 291 Å². The van der Waals surface area contributed by atoms with E-state index in [0.29, 0.717) is 24.2 Å². The number of carbonyl (C=O) groups is 5. The number of nitrogens with zero attached hydrogens (tertiary/aromatic N) is 2. The SMILES string of the molecule is CC(=O)CCCC(=O)N[C@@H](CC(N)=O)C(=O)NCCCN(C(=O)CO)[C@@H](c1cc(-c2cc(F)ccc2F)cn1Cc1ccccc1)C(C)(C)C. The molecule has 0 unspecified atom stereocenters. The van der Waals surface area contributed by atoms with Gasteiger partial charge in [0.15, 0.2) is 0 Å². The first-order chi connectivity index (χ1) is 23.6. The van der Waals surface area contributed by atoms with Gasteiger partial charge in [-0.25, -0.2) is 8.78 Å². The number of carbonyl (C=O) groups excluding carboxylic acids is 5. The van der Waals surface area contributed by atoms with Gasteiger partial charge in [0.25, 0.3) is 0 Å². The molecule has 0 aliphatic heterocycles. The first-order valence-corrected chi connectivity index (χ1v) is 16.5. The van der Waals surface area contributed by atoms with Gasteiger partial charge in [-0.15, -0.1) is 0 Å². The van der Waals surface area contributed by atoms with Crippen LogP contribution in [0.2, 0.25) is 0 Å². The van der Waals surface area contributed by atoms with Crippen LogP contribution in [0.15, 0.2) is 60.8 Å². The molecule has 4 amide bonds. The number of rotatable bonds is 18. The number of benzene rings is 2. The number of aromatic nitrogens is 1. The third-order valence-electron chi connectivity index (χ3n) is 8.10. The Bertz CT molecular complexity index is 1650. The lowest BCUT2D eigenvalue weighted by molar-refractivity contribution is -0.139. The molecule has 0 fully saturated rings. The lowest BCUT2D eigenvalue weighted by Gasteiger charge is -2.41. The smallest absolute Gasteiger partial charge is 0.248 e. The second-order valence-corrected chi connectivity index (χ2v) is 13.4. The van der Waals surface area contributed by atoms with Crippen molar-refractivity contribution in [1.82, 2.24) is 20.1 Å². The summed E-state index contributed by atoms with van der Waals surface area (Å²) in [5.41, 5.74) is 6.71. The number of nitrogens with one attached hydrogen (secondary N) is 2. The minimum atomic E-state index is -1.22. The zero-order chi connectivity index (χ0) is 37.0. The predicted octanol–water partition coefficient (Wildman–Crippen LogP) is 4.02. The molecule has 0 radical (unpaired) electrons. The first-order valence-electron chi connectivity index (χ1n) is 16.5. The van der Waals surface area contributed by atoms with E-state index >= 15 is 0 Å². The molecule has 0 aliphatic carbocycles. The van der Waals surface area contributed by atoms with Gasteiger partial charge in [0, 0.05) is 55.5 Å². The fourth-order valence-corrected chi connectivity index (χ4v) is 5.86. The highest BCUT2D eigenvalue weighted by Gasteiger charge is 2.37. The Hall–Kier alpha value is -4.91. The van der Waals surface area contributed by atoms with Gasteiger partial charge in [-0.3, -0.25) is 19.2 Å². The summed E-state index contributed by atoms with van der Waals surface area (Å²) in [6.45, 7) is 6.88. The van der Waals surface area contributed by atoms with Crippen LogP contribution < -0.4 is 16.4 Å². The summed E-state index contributed by atoms with van der Waals surface area (Å²) in [7, 11) is 0. The normalized spacial score (nSPS) is 12.5. The highest BCUT2D eigenvalue weighted by atomic mass is 19.1. The third-order valence-corrected chi connectivity index (χ3v) is 8.10. The number of hydrogen-bond donors (Lipinski definition) is 4. The number of halogens is 2. The third kappa shape index (κ3) is 11.6. The zero-order valence-electron chi connectivity index (χ0n) is 29.0. The van der Waals surface area contributed by atoms with Crippen molar-refractivity contribution in [3.8, 4) is 11.1 Å². The van der Waals surface area contributed by atoms with Crippen molar-refractivity contribution in [2.24, 2.45) is 11.1 Å². The molecule has 0 saturated carbocycles. The Morgan fingerprint density at radius 1 is 0.980 bits per heavy atom. The summed E-state index contributed by atoms with van der Waals surface area (Å²) >= 11 is 0. The van der Waals surface area contributed by atoms with E-state index in [1.165, 1.54) is 11.8 Å². The van der Waals surface area contributed by atoms with Gasteiger partial charge in [-0.1, -0.05) is 51.1 Å². The summed E-state index contributed by atoms with van der Waals surface area (Å²) in [5, 5.41) is 15.2. The second-order valence-electron chi connectivity index (χ2n) is 13.4. The fourth-order valence-electron chi connectivity index (χ4n) is 5.86. The van der Waals surface area contributed by atoms with Crippen LogP contribution in [0.1, 0.15) is 77.1 Å². The van der Waals surface area contributed by atoms with Crippen LogP contribution in [0.25, 0.3) is 11.1 Å². The Kier molecular flexibility index (Phi) is 14.4. The van der Waals surface area contributed by atoms with Crippen LogP contribution >= 0.6 is 0 Å².